The van der Waals surface area contributed by atoms with Crippen LogP contribution in [0, 0.1) is 11.7 Å². The van der Waals surface area contributed by atoms with Gasteiger partial charge in [0.2, 0.25) is 0 Å². The molecule has 0 bridgehead atoms. The van der Waals surface area contributed by atoms with Gasteiger partial charge in [-0.2, -0.15) is 0 Å². The number of nitrogens with zero attached hydrogens (tertiary/aromatic N) is 1. The molecule has 1 aliphatic heterocycles. The molecule has 0 radical (unpaired) electrons. The van der Waals surface area contributed by atoms with E-state index in [0.29, 0.717) is 23.6 Å². The smallest absolute Gasteiger partial charge is 0.263 e. The van der Waals surface area contributed by atoms with Crippen molar-refractivity contribution < 1.29 is 17.9 Å². The summed E-state index contributed by atoms with van der Waals surface area (Å²) in [6.45, 7) is 10.9. The Hall–Kier alpha value is -2.05. The molecular formula is C23H29F3N2O. The van der Waals surface area contributed by atoms with E-state index in [9.17, 15) is 13.2 Å². The third-order valence-corrected chi connectivity index (χ3v) is 5.93. The Balaban J connectivity index is 1.87. The largest absolute Gasteiger partial charge is 0.350 e. The summed E-state index contributed by atoms with van der Waals surface area (Å²) in [6, 6.07) is 5.42. The molecule has 1 aromatic carbocycles. The van der Waals surface area contributed by atoms with Gasteiger partial charge in [-0.15, -0.1) is 0 Å². The third kappa shape index (κ3) is 4.28. The first-order chi connectivity index (χ1) is 13.8. The van der Waals surface area contributed by atoms with E-state index in [0.717, 1.165) is 24.5 Å². The van der Waals surface area contributed by atoms with Gasteiger partial charge in [-0.25, -0.2) is 13.2 Å². The molecule has 1 aliphatic rings. The van der Waals surface area contributed by atoms with Gasteiger partial charge in [-0.3, -0.25) is 0 Å². The van der Waals surface area contributed by atoms with Crippen molar-refractivity contribution in [3.63, 3.8) is 0 Å². The van der Waals surface area contributed by atoms with Crippen molar-refractivity contribution in [1.82, 2.24) is 4.57 Å². The fraction of sp³-hybridized carbons (Fsp3) is 0.478. The Morgan fingerprint density at radius 1 is 1.34 bits per heavy atom. The highest BCUT2D eigenvalue weighted by Crippen LogP contribution is 2.42. The first-order valence-corrected chi connectivity index (χ1v) is 10.1. The summed E-state index contributed by atoms with van der Waals surface area (Å²) in [7, 11) is 0. The van der Waals surface area contributed by atoms with Crippen molar-refractivity contribution in [3.05, 3.63) is 65.2 Å². The van der Waals surface area contributed by atoms with E-state index in [4.69, 9.17) is 10.5 Å². The second-order valence-electron chi connectivity index (χ2n) is 7.97. The molecule has 0 saturated carbocycles. The van der Waals surface area contributed by atoms with E-state index in [2.05, 4.69) is 25.0 Å². The molecule has 4 unspecified atom stereocenters. The minimum absolute atomic E-state index is 0.110. The zero-order chi connectivity index (χ0) is 21.3. The van der Waals surface area contributed by atoms with Crippen molar-refractivity contribution in [2.24, 2.45) is 11.7 Å². The fourth-order valence-electron chi connectivity index (χ4n) is 4.18. The van der Waals surface area contributed by atoms with Gasteiger partial charge in [-0.05, 0) is 65.6 Å². The van der Waals surface area contributed by atoms with E-state index < -0.39 is 12.2 Å². The number of aromatic nitrogens is 1. The first kappa shape index (κ1) is 21.7. The zero-order valence-corrected chi connectivity index (χ0v) is 17.2. The van der Waals surface area contributed by atoms with E-state index in [-0.39, 0.29) is 23.8 Å². The highest BCUT2D eigenvalue weighted by Gasteiger charge is 2.36. The van der Waals surface area contributed by atoms with Crippen molar-refractivity contribution >= 4 is 5.57 Å². The summed E-state index contributed by atoms with van der Waals surface area (Å²) in [5.41, 5.74) is 8.73. The van der Waals surface area contributed by atoms with Gasteiger partial charge in [0.1, 0.15) is 12.0 Å². The molecule has 4 atom stereocenters. The summed E-state index contributed by atoms with van der Waals surface area (Å²) in [6.07, 6.45) is 0.431. The molecule has 3 nitrogen and oxygen atoms in total. The number of alkyl halides is 2. The molecular weight excluding hydrogens is 377 g/mol. The van der Waals surface area contributed by atoms with Crippen LogP contribution in [0.2, 0.25) is 0 Å². The van der Waals surface area contributed by atoms with Crippen LogP contribution >= 0.6 is 0 Å². The molecule has 2 N–H and O–H groups in total. The minimum atomic E-state index is -2.74. The summed E-state index contributed by atoms with van der Waals surface area (Å²) in [5, 5.41) is 0. The van der Waals surface area contributed by atoms with Crippen LogP contribution in [0.15, 0.2) is 37.0 Å². The van der Waals surface area contributed by atoms with Crippen molar-refractivity contribution in [1.29, 1.82) is 0 Å². The Labute approximate surface area is 170 Å². The minimum Gasteiger partial charge on any atom is -0.350 e. The predicted molar refractivity (Wildman–Crippen MR) is 109 cm³/mol. The van der Waals surface area contributed by atoms with E-state index >= 15 is 0 Å². The summed E-state index contributed by atoms with van der Waals surface area (Å²) in [4.78, 5) is 0. The van der Waals surface area contributed by atoms with Gasteiger partial charge >= 0.3 is 0 Å². The van der Waals surface area contributed by atoms with Gasteiger partial charge < -0.3 is 15.0 Å². The molecule has 29 heavy (non-hydrogen) atoms. The fourth-order valence-corrected chi connectivity index (χ4v) is 4.18. The van der Waals surface area contributed by atoms with Gasteiger partial charge in [-0.1, -0.05) is 27.4 Å². The van der Waals surface area contributed by atoms with Gasteiger partial charge in [0, 0.05) is 24.0 Å². The Kier molecular flexibility index (Phi) is 6.54. The molecule has 158 valence electrons. The topological polar surface area (TPSA) is 40.2 Å². The van der Waals surface area contributed by atoms with Crippen LogP contribution in [0.4, 0.5) is 13.2 Å². The lowest BCUT2D eigenvalue weighted by Gasteiger charge is -2.23. The van der Waals surface area contributed by atoms with Crippen molar-refractivity contribution in [2.75, 3.05) is 0 Å². The molecule has 1 saturated heterocycles. The number of benzene rings is 1. The standard InChI is InChI=1S/C23H29F3N2O/c1-5-13(2)21-16(12-27)6-7-28(21)20-8-14(3)22(29-20)15(4)17-9-18(23(25)26)11-19(24)10-17/h6-7,9-11,13-14,20,22-23H,4-5,8,12,27H2,1-3H3. The zero-order valence-electron chi connectivity index (χ0n) is 17.2. The van der Waals surface area contributed by atoms with Crippen molar-refractivity contribution in [3.8, 4) is 0 Å². The molecule has 2 aromatic rings. The average molecular weight is 406 g/mol. The highest BCUT2D eigenvalue weighted by atomic mass is 19.3. The van der Waals surface area contributed by atoms with Crippen LogP contribution in [0.3, 0.4) is 0 Å². The molecule has 3 rings (SSSR count). The van der Waals surface area contributed by atoms with Crippen LogP contribution in [0.1, 0.15) is 74.6 Å². The molecule has 1 aromatic heterocycles. The lowest BCUT2D eigenvalue weighted by molar-refractivity contribution is 0.0221. The highest BCUT2D eigenvalue weighted by molar-refractivity contribution is 5.68. The number of rotatable bonds is 7. The molecule has 2 heterocycles. The number of ether oxygens (including phenoxy) is 1. The van der Waals surface area contributed by atoms with Crippen LogP contribution in [-0.2, 0) is 11.3 Å². The quantitative estimate of drug-likeness (QED) is 0.597. The van der Waals surface area contributed by atoms with Gasteiger partial charge in [0.05, 0.1) is 6.10 Å². The maximum absolute atomic E-state index is 13.9. The molecule has 0 spiro atoms. The Bertz CT molecular complexity index is 877. The number of hydrogen-bond donors (Lipinski definition) is 1. The lowest BCUT2D eigenvalue weighted by Crippen LogP contribution is -2.17. The Morgan fingerprint density at radius 2 is 2.07 bits per heavy atom. The molecule has 1 fully saturated rings. The maximum Gasteiger partial charge on any atom is 0.263 e. The van der Waals surface area contributed by atoms with Crippen LogP contribution in [0.25, 0.3) is 5.57 Å². The van der Waals surface area contributed by atoms with Crippen LogP contribution in [-0.4, -0.2) is 10.7 Å². The summed E-state index contributed by atoms with van der Waals surface area (Å²) in [5.74, 6) is -0.251. The molecule has 0 amide bonds. The van der Waals surface area contributed by atoms with Gasteiger partial charge in [0.15, 0.2) is 0 Å². The Morgan fingerprint density at radius 3 is 2.69 bits per heavy atom. The number of halogens is 3. The number of nitrogens with two attached hydrogens (primary N) is 1. The monoisotopic (exact) mass is 406 g/mol. The van der Waals surface area contributed by atoms with Gasteiger partial charge in [0.25, 0.3) is 6.43 Å². The normalized spacial score (nSPS) is 23.0. The predicted octanol–water partition coefficient (Wildman–Crippen LogP) is 6.17. The van der Waals surface area contributed by atoms with E-state index in [1.165, 1.54) is 17.8 Å². The van der Waals surface area contributed by atoms with E-state index in [1.807, 2.05) is 19.2 Å². The van der Waals surface area contributed by atoms with E-state index in [1.54, 1.807) is 0 Å². The summed E-state index contributed by atoms with van der Waals surface area (Å²) < 4.78 is 48.5. The SMILES string of the molecule is C=C(c1cc(F)cc(C(F)F)c1)C1OC(n2ccc(CN)c2C(C)CC)CC1C. The first-order valence-electron chi connectivity index (χ1n) is 10.1. The third-order valence-electron chi connectivity index (χ3n) is 5.93. The number of hydrogen-bond acceptors (Lipinski definition) is 2. The lowest BCUT2D eigenvalue weighted by atomic mass is 9.92. The molecule has 6 heteroatoms. The summed E-state index contributed by atoms with van der Waals surface area (Å²) >= 11 is 0. The second kappa shape index (κ2) is 8.76. The van der Waals surface area contributed by atoms with Crippen LogP contribution in [0.5, 0.6) is 0 Å². The molecule has 0 aliphatic carbocycles. The van der Waals surface area contributed by atoms with Crippen molar-refractivity contribution in [2.45, 2.75) is 64.8 Å². The second-order valence-corrected chi connectivity index (χ2v) is 7.97. The van der Waals surface area contributed by atoms with Crippen LogP contribution < -0.4 is 5.73 Å². The maximum atomic E-state index is 13.9. The average Bonchev–Trinajstić information content (AvgIpc) is 3.29.